The van der Waals surface area contributed by atoms with Gasteiger partial charge in [-0.25, -0.2) is 14.2 Å². The largest absolute Gasteiger partial charge is 0.465 e. The maximum absolute atomic E-state index is 13.5. The van der Waals surface area contributed by atoms with E-state index in [4.69, 9.17) is 4.74 Å². The van der Waals surface area contributed by atoms with Gasteiger partial charge in [-0.05, 0) is 23.8 Å². The topological polar surface area (TPSA) is 67.8 Å². The van der Waals surface area contributed by atoms with Crippen molar-refractivity contribution in [2.24, 2.45) is 10.9 Å². The van der Waals surface area contributed by atoms with Crippen LogP contribution >= 0.6 is 15.9 Å². The molecule has 1 heterocycles. The third-order valence-corrected chi connectivity index (χ3v) is 4.67. The zero-order valence-corrected chi connectivity index (χ0v) is 14.8. The molecule has 7 heteroatoms. The fourth-order valence-corrected chi connectivity index (χ4v) is 3.11. The van der Waals surface area contributed by atoms with Crippen molar-refractivity contribution in [3.05, 3.63) is 69.6 Å². The van der Waals surface area contributed by atoms with E-state index >= 15 is 0 Å². The van der Waals surface area contributed by atoms with Gasteiger partial charge in [0.15, 0.2) is 0 Å². The minimum Gasteiger partial charge on any atom is -0.465 e. The van der Waals surface area contributed by atoms with Gasteiger partial charge in [-0.1, -0.05) is 40.2 Å². The van der Waals surface area contributed by atoms with E-state index in [0.717, 1.165) is 10.0 Å². The second kappa shape index (κ2) is 7.14. The number of aliphatic imine (C=N–C) groups is 1. The molecule has 1 atom stereocenters. The highest BCUT2D eigenvalue weighted by atomic mass is 79.9. The molecular weight excluding hydrogens is 391 g/mol. The Labute approximate surface area is 152 Å². The van der Waals surface area contributed by atoms with Gasteiger partial charge in [0.05, 0.1) is 18.7 Å². The van der Waals surface area contributed by atoms with Gasteiger partial charge in [0.2, 0.25) is 0 Å². The maximum atomic E-state index is 13.5. The van der Waals surface area contributed by atoms with Gasteiger partial charge in [0.1, 0.15) is 11.4 Å². The molecule has 0 saturated heterocycles. The Morgan fingerprint density at radius 1 is 1.40 bits per heavy atom. The number of methoxy groups -OCH3 is 1. The fraction of sp³-hybridized carbons (Fsp3) is 0.167. The molecule has 128 valence electrons. The molecule has 2 aliphatic rings. The number of allylic oxidation sites excluding steroid dienone is 4. The minimum atomic E-state index is -0.772. The lowest BCUT2D eigenvalue weighted by Crippen LogP contribution is -2.35. The van der Waals surface area contributed by atoms with Gasteiger partial charge in [-0.15, -0.1) is 0 Å². The van der Waals surface area contributed by atoms with E-state index in [1.165, 1.54) is 19.3 Å². The second-order valence-electron chi connectivity index (χ2n) is 5.43. The number of carbonyl (C=O) groups excluding carboxylic acids is 2. The van der Waals surface area contributed by atoms with Crippen molar-refractivity contribution in [3.63, 3.8) is 0 Å². The molecule has 0 aromatic heterocycles. The zero-order valence-electron chi connectivity index (χ0n) is 13.3. The van der Waals surface area contributed by atoms with Crippen LogP contribution in [0.25, 0.3) is 0 Å². The van der Waals surface area contributed by atoms with Crippen molar-refractivity contribution in [2.45, 2.75) is 6.54 Å². The third kappa shape index (κ3) is 3.46. The molecule has 0 bridgehead atoms. The number of hydrogen-bond donors (Lipinski definition) is 1. The lowest BCUT2D eigenvalue weighted by atomic mass is 9.88. The van der Waals surface area contributed by atoms with Crippen LogP contribution in [0.3, 0.4) is 0 Å². The van der Waals surface area contributed by atoms with Gasteiger partial charge in [-0.3, -0.25) is 4.79 Å². The fourth-order valence-electron chi connectivity index (χ4n) is 2.69. The summed E-state index contributed by atoms with van der Waals surface area (Å²) in [6.45, 7) is 0.369. The van der Waals surface area contributed by atoms with Gasteiger partial charge in [-0.2, -0.15) is 0 Å². The molecule has 1 aliphatic carbocycles. The van der Waals surface area contributed by atoms with Crippen molar-refractivity contribution < 1.29 is 18.7 Å². The monoisotopic (exact) mass is 404 g/mol. The number of halogens is 2. The Bertz CT molecular complexity index is 871. The Hall–Kier alpha value is -2.54. The van der Waals surface area contributed by atoms with E-state index in [1.54, 1.807) is 6.08 Å². The van der Waals surface area contributed by atoms with E-state index in [1.807, 2.05) is 24.3 Å². The number of ether oxygens (including phenoxy) is 1. The van der Waals surface area contributed by atoms with Crippen LogP contribution in [0, 0.1) is 5.92 Å². The summed E-state index contributed by atoms with van der Waals surface area (Å²) >= 11 is 3.46. The summed E-state index contributed by atoms with van der Waals surface area (Å²) in [5, 5.41) is 3.13. The van der Waals surface area contributed by atoms with Crippen molar-refractivity contribution in [3.8, 4) is 0 Å². The van der Waals surface area contributed by atoms with Crippen molar-refractivity contribution in [1.82, 2.24) is 5.32 Å². The Morgan fingerprint density at radius 2 is 2.16 bits per heavy atom. The Kier molecular flexibility index (Phi) is 4.94. The highest BCUT2D eigenvalue weighted by Crippen LogP contribution is 2.29. The number of esters is 1. The molecule has 1 aromatic carbocycles. The first-order chi connectivity index (χ1) is 12.0. The number of rotatable bonds is 4. The highest BCUT2D eigenvalue weighted by Gasteiger charge is 2.35. The second-order valence-corrected chi connectivity index (χ2v) is 6.29. The molecule has 1 amide bonds. The lowest BCUT2D eigenvalue weighted by molar-refractivity contribution is -0.137. The molecule has 5 nitrogen and oxygen atoms in total. The van der Waals surface area contributed by atoms with Crippen LogP contribution in [0.2, 0.25) is 0 Å². The number of nitrogens with one attached hydrogen (secondary N) is 1. The maximum Gasteiger partial charge on any atom is 0.345 e. The summed E-state index contributed by atoms with van der Waals surface area (Å²) in [7, 11) is 1.20. The van der Waals surface area contributed by atoms with Crippen LogP contribution in [0.4, 0.5) is 4.39 Å². The van der Waals surface area contributed by atoms with E-state index < -0.39 is 23.6 Å². The van der Waals surface area contributed by atoms with E-state index in [2.05, 4.69) is 26.2 Å². The summed E-state index contributed by atoms with van der Waals surface area (Å²) in [6.07, 6.45) is 4.04. The molecule has 1 unspecified atom stereocenters. The van der Waals surface area contributed by atoms with Gasteiger partial charge in [0.25, 0.3) is 5.91 Å². The molecule has 0 radical (unpaired) electrons. The van der Waals surface area contributed by atoms with Crippen LogP contribution in [-0.4, -0.2) is 24.7 Å². The van der Waals surface area contributed by atoms with Crippen LogP contribution in [0.15, 0.2) is 69.1 Å². The van der Waals surface area contributed by atoms with E-state index in [9.17, 15) is 14.0 Å². The SMILES string of the molecule is COC(=O)C1=C(NCc2ccccc2Br)C2C=CC(F)=CC2=NC1=O. The summed E-state index contributed by atoms with van der Waals surface area (Å²) in [5.74, 6) is -2.51. The lowest BCUT2D eigenvalue weighted by Gasteiger charge is -2.26. The van der Waals surface area contributed by atoms with Crippen molar-refractivity contribution in [2.75, 3.05) is 7.11 Å². The number of dihydropyridines is 1. The molecule has 25 heavy (non-hydrogen) atoms. The Balaban J connectivity index is 1.98. The van der Waals surface area contributed by atoms with Crippen molar-refractivity contribution >= 4 is 33.5 Å². The van der Waals surface area contributed by atoms with Crippen molar-refractivity contribution in [1.29, 1.82) is 0 Å². The molecule has 1 aromatic rings. The standard InChI is InChI=1S/C18H14BrFN2O3/c1-25-18(24)15-16(21-9-10-4-2-3-5-13(10)19)12-7-6-11(20)8-14(12)22-17(15)23/h2-8,12,21H,9H2,1H3. The number of carbonyl (C=O) groups is 2. The van der Waals surface area contributed by atoms with Crippen LogP contribution in [0.5, 0.6) is 0 Å². The number of benzene rings is 1. The first-order valence-electron chi connectivity index (χ1n) is 7.49. The number of fused-ring (bicyclic) bond motifs is 1. The summed E-state index contributed by atoms with van der Waals surface area (Å²) in [6, 6.07) is 7.57. The van der Waals surface area contributed by atoms with Gasteiger partial charge in [0, 0.05) is 16.7 Å². The summed E-state index contributed by atoms with van der Waals surface area (Å²) in [5.41, 5.74) is 1.39. The van der Waals surface area contributed by atoms with E-state index in [0.29, 0.717) is 12.2 Å². The van der Waals surface area contributed by atoms with Crippen LogP contribution < -0.4 is 5.32 Å². The summed E-state index contributed by atoms with van der Waals surface area (Å²) in [4.78, 5) is 28.2. The molecule has 1 aliphatic heterocycles. The molecule has 3 rings (SSSR count). The normalized spacial score (nSPS) is 19.2. The van der Waals surface area contributed by atoms with Crippen LogP contribution in [0.1, 0.15) is 5.56 Å². The predicted molar refractivity (Wildman–Crippen MR) is 94.3 cm³/mol. The molecule has 1 N–H and O–H groups in total. The molecule has 0 saturated carbocycles. The van der Waals surface area contributed by atoms with Gasteiger partial charge < -0.3 is 10.1 Å². The first kappa shape index (κ1) is 17.3. The number of hydrogen-bond acceptors (Lipinski definition) is 4. The molecule has 0 spiro atoms. The Morgan fingerprint density at radius 3 is 2.88 bits per heavy atom. The third-order valence-electron chi connectivity index (χ3n) is 3.89. The zero-order chi connectivity index (χ0) is 18.0. The predicted octanol–water partition coefficient (Wildman–Crippen LogP) is 2.99. The average molecular weight is 405 g/mol. The van der Waals surface area contributed by atoms with E-state index in [-0.39, 0.29) is 11.3 Å². The summed E-state index contributed by atoms with van der Waals surface area (Å²) < 4.78 is 19.1. The van der Waals surface area contributed by atoms with Gasteiger partial charge >= 0.3 is 5.97 Å². The first-order valence-corrected chi connectivity index (χ1v) is 8.28. The minimum absolute atomic E-state index is 0.163. The average Bonchev–Trinajstić information content (AvgIpc) is 2.59. The number of amides is 1. The number of nitrogens with zero attached hydrogens (tertiary/aromatic N) is 1. The van der Waals surface area contributed by atoms with Crippen LogP contribution in [-0.2, 0) is 20.9 Å². The highest BCUT2D eigenvalue weighted by molar-refractivity contribution is 9.10. The smallest absolute Gasteiger partial charge is 0.345 e. The molecular formula is C18H14BrFN2O3. The molecule has 0 fully saturated rings. The quantitative estimate of drug-likeness (QED) is 0.618.